The van der Waals surface area contributed by atoms with Crippen molar-refractivity contribution in [2.45, 2.75) is 52.2 Å². The molecule has 0 unspecified atom stereocenters. The molecular weight excluding hydrogens is 331 g/mol. The molecule has 1 N–H and O–H groups in total. The van der Waals surface area contributed by atoms with Crippen molar-refractivity contribution in [1.82, 2.24) is 10.2 Å². The summed E-state index contributed by atoms with van der Waals surface area (Å²) in [4.78, 5) is 2.61. The predicted octanol–water partition coefficient (Wildman–Crippen LogP) is 4.45. The van der Waals surface area contributed by atoms with E-state index in [2.05, 4.69) is 62.2 Å². The maximum absolute atomic E-state index is 5.92. The molecule has 2 rings (SSSR count). The Labute approximate surface area is 154 Å². The molecule has 134 valence electrons. The summed E-state index contributed by atoms with van der Waals surface area (Å²) in [6, 6.07) is 9.25. The van der Waals surface area contributed by atoms with Crippen molar-refractivity contribution in [1.29, 1.82) is 0 Å². The number of rotatable bonds is 5. The summed E-state index contributed by atoms with van der Waals surface area (Å²) in [6.45, 7) is 13.0. The fourth-order valence-corrected chi connectivity index (χ4v) is 2.94. The molecule has 0 aliphatic carbocycles. The Kier molecular flexibility index (Phi) is 10.2. The van der Waals surface area contributed by atoms with Crippen molar-refractivity contribution in [3.8, 4) is 5.75 Å². The molecule has 0 spiro atoms. The lowest BCUT2D eigenvalue weighted by Gasteiger charge is -2.35. The van der Waals surface area contributed by atoms with E-state index >= 15 is 0 Å². The van der Waals surface area contributed by atoms with E-state index in [0.717, 1.165) is 31.9 Å². The lowest BCUT2D eigenvalue weighted by atomic mass is 9.99. The van der Waals surface area contributed by atoms with Gasteiger partial charge >= 0.3 is 0 Å². The van der Waals surface area contributed by atoms with Gasteiger partial charge in [-0.3, -0.25) is 4.90 Å². The van der Waals surface area contributed by atoms with Crippen LogP contribution in [0.25, 0.3) is 0 Å². The molecule has 3 nitrogen and oxygen atoms in total. The molecule has 1 saturated heterocycles. The molecule has 0 radical (unpaired) electrons. The zero-order chi connectivity index (χ0) is 15.3. The van der Waals surface area contributed by atoms with Crippen LogP contribution in [-0.2, 0) is 0 Å². The van der Waals surface area contributed by atoms with Crippen molar-refractivity contribution in [3.05, 3.63) is 29.8 Å². The summed E-state index contributed by atoms with van der Waals surface area (Å²) >= 11 is 0. The Hall–Kier alpha value is -0.480. The minimum absolute atomic E-state index is 0. The second-order valence-electron chi connectivity index (χ2n) is 6.87. The van der Waals surface area contributed by atoms with E-state index in [1.165, 1.54) is 18.4 Å². The first kappa shape index (κ1) is 22.5. The summed E-state index contributed by atoms with van der Waals surface area (Å²) in [5.41, 5.74) is 1.28. The molecule has 23 heavy (non-hydrogen) atoms. The number of nitrogens with one attached hydrogen (secondary N) is 1. The van der Waals surface area contributed by atoms with Gasteiger partial charge in [0, 0.05) is 32.2 Å². The van der Waals surface area contributed by atoms with Gasteiger partial charge in [0.2, 0.25) is 0 Å². The molecule has 1 heterocycles. The smallest absolute Gasteiger partial charge is 0.120 e. The van der Waals surface area contributed by atoms with Gasteiger partial charge in [-0.05, 0) is 44.9 Å². The van der Waals surface area contributed by atoms with E-state index in [-0.39, 0.29) is 30.4 Å². The Morgan fingerprint density at radius 3 is 2.13 bits per heavy atom. The zero-order valence-electron chi connectivity index (χ0n) is 14.8. The summed E-state index contributed by atoms with van der Waals surface area (Å²) in [7, 11) is 0. The highest BCUT2D eigenvalue weighted by Crippen LogP contribution is 2.28. The number of benzene rings is 1. The van der Waals surface area contributed by atoms with Crippen molar-refractivity contribution in [2.75, 3.05) is 26.2 Å². The van der Waals surface area contributed by atoms with Crippen molar-refractivity contribution >= 4 is 24.8 Å². The van der Waals surface area contributed by atoms with Gasteiger partial charge in [-0.2, -0.15) is 0 Å². The number of hydrogen-bond donors (Lipinski definition) is 1. The number of nitrogens with zero attached hydrogens (tertiary/aromatic N) is 1. The Balaban J connectivity index is 0.00000242. The minimum Gasteiger partial charge on any atom is -0.488 e. The molecule has 0 amide bonds. The summed E-state index contributed by atoms with van der Waals surface area (Å²) in [5, 5.41) is 3.44. The third-order valence-corrected chi connectivity index (χ3v) is 3.84. The van der Waals surface area contributed by atoms with Gasteiger partial charge in [-0.15, -0.1) is 24.8 Å². The van der Waals surface area contributed by atoms with Gasteiger partial charge in [0.15, 0.2) is 0 Å². The normalized spacial score (nSPS) is 16.9. The maximum atomic E-state index is 5.92. The van der Waals surface area contributed by atoms with E-state index in [1.54, 1.807) is 0 Å². The monoisotopic (exact) mass is 362 g/mol. The van der Waals surface area contributed by atoms with Crippen LogP contribution in [0.3, 0.4) is 0 Å². The fraction of sp³-hybridized carbons (Fsp3) is 0.667. The van der Waals surface area contributed by atoms with Crippen LogP contribution in [0.1, 0.15) is 52.1 Å². The molecule has 1 aliphatic rings. The van der Waals surface area contributed by atoms with Crippen LogP contribution >= 0.6 is 24.8 Å². The molecule has 1 aliphatic heterocycles. The van der Waals surface area contributed by atoms with Crippen LogP contribution in [0, 0.1) is 0 Å². The van der Waals surface area contributed by atoms with Gasteiger partial charge in [0.1, 0.15) is 11.4 Å². The van der Waals surface area contributed by atoms with Gasteiger partial charge < -0.3 is 10.1 Å². The highest BCUT2D eigenvalue weighted by molar-refractivity contribution is 5.85. The second kappa shape index (κ2) is 10.4. The van der Waals surface area contributed by atoms with Gasteiger partial charge in [0.05, 0.1) is 0 Å². The number of piperazine rings is 1. The zero-order valence-corrected chi connectivity index (χ0v) is 16.4. The second-order valence-corrected chi connectivity index (χ2v) is 6.87. The average Bonchev–Trinajstić information content (AvgIpc) is 2.45. The molecule has 5 heteroatoms. The minimum atomic E-state index is -0.136. The highest BCUT2D eigenvalue weighted by atomic mass is 35.5. The van der Waals surface area contributed by atoms with E-state index in [4.69, 9.17) is 4.74 Å². The summed E-state index contributed by atoms with van der Waals surface area (Å²) < 4.78 is 5.92. The SMILES string of the molecule is CCC[C@H](c1ccc(OC(C)(C)C)cc1)N1CCNCC1.Cl.Cl. The topological polar surface area (TPSA) is 24.5 Å². The van der Waals surface area contributed by atoms with Crippen molar-refractivity contribution < 1.29 is 4.74 Å². The van der Waals surface area contributed by atoms with E-state index in [1.807, 2.05) is 0 Å². The number of halogens is 2. The lowest BCUT2D eigenvalue weighted by molar-refractivity contribution is 0.130. The third-order valence-electron chi connectivity index (χ3n) is 3.84. The van der Waals surface area contributed by atoms with Gasteiger partial charge in [-0.25, -0.2) is 0 Å². The number of hydrogen-bond acceptors (Lipinski definition) is 3. The van der Waals surface area contributed by atoms with E-state index in [9.17, 15) is 0 Å². The van der Waals surface area contributed by atoms with E-state index in [0.29, 0.717) is 6.04 Å². The van der Waals surface area contributed by atoms with Crippen molar-refractivity contribution in [2.24, 2.45) is 0 Å². The van der Waals surface area contributed by atoms with Crippen molar-refractivity contribution in [3.63, 3.8) is 0 Å². The van der Waals surface area contributed by atoms with Crippen LogP contribution in [0.4, 0.5) is 0 Å². The first-order valence-electron chi connectivity index (χ1n) is 8.23. The average molecular weight is 363 g/mol. The fourth-order valence-electron chi connectivity index (χ4n) is 2.94. The third kappa shape index (κ3) is 7.30. The quantitative estimate of drug-likeness (QED) is 0.836. The first-order chi connectivity index (χ1) is 9.99. The van der Waals surface area contributed by atoms with Gasteiger partial charge in [-0.1, -0.05) is 25.5 Å². The van der Waals surface area contributed by atoms with Crippen LogP contribution in [0.15, 0.2) is 24.3 Å². The Morgan fingerprint density at radius 2 is 1.65 bits per heavy atom. The molecule has 0 bridgehead atoms. The van der Waals surface area contributed by atoms with Crippen LogP contribution in [-0.4, -0.2) is 36.7 Å². The first-order valence-corrected chi connectivity index (χ1v) is 8.23. The standard InChI is InChI=1S/C18H30N2O.2ClH/c1-5-6-17(20-13-11-19-12-14-20)15-7-9-16(10-8-15)21-18(2,3)4;;/h7-10,17,19H,5-6,11-14H2,1-4H3;2*1H/t17-;;/m1../s1. The molecule has 0 aromatic heterocycles. The molecule has 1 fully saturated rings. The molecular formula is C18H32Cl2N2O. The molecule has 0 saturated carbocycles. The number of ether oxygens (including phenoxy) is 1. The molecule has 1 aromatic carbocycles. The Bertz CT molecular complexity index is 426. The van der Waals surface area contributed by atoms with Gasteiger partial charge in [0.25, 0.3) is 0 Å². The lowest BCUT2D eigenvalue weighted by Crippen LogP contribution is -2.45. The van der Waals surface area contributed by atoms with Crippen LogP contribution < -0.4 is 10.1 Å². The highest BCUT2D eigenvalue weighted by Gasteiger charge is 2.21. The van der Waals surface area contributed by atoms with E-state index < -0.39 is 0 Å². The largest absolute Gasteiger partial charge is 0.488 e. The predicted molar refractivity (Wildman–Crippen MR) is 103 cm³/mol. The maximum Gasteiger partial charge on any atom is 0.120 e. The summed E-state index contributed by atoms with van der Waals surface area (Å²) in [5.74, 6) is 0.960. The molecule has 1 atom stereocenters. The summed E-state index contributed by atoms with van der Waals surface area (Å²) in [6.07, 6.45) is 2.44. The van der Waals surface area contributed by atoms with Crippen LogP contribution in [0.2, 0.25) is 0 Å². The Morgan fingerprint density at radius 1 is 1.09 bits per heavy atom. The molecule has 1 aromatic rings. The van der Waals surface area contributed by atoms with Crippen LogP contribution in [0.5, 0.6) is 5.75 Å².